The fourth-order valence-electron chi connectivity index (χ4n) is 1.44. The number of aliphatic imine (C=N–C) groups is 1. The van der Waals surface area contributed by atoms with Gasteiger partial charge in [-0.2, -0.15) is 0 Å². The minimum atomic E-state index is 0.738. The van der Waals surface area contributed by atoms with Gasteiger partial charge in [-0.15, -0.1) is 0 Å². The first-order chi connectivity index (χ1) is 8.38. The van der Waals surface area contributed by atoms with Crippen molar-refractivity contribution in [2.24, 2.45) is 4.99 Å². The zero-order chi connectivity index (χ0) is 11.9. The van der Waals surface area contributed by atoms with E-state index >= 15 is 0 Å². The van der Waals surface area contributed by atoms with Gasteiger partial charge in [-0.3, -0.25) is 0 Å². The highest BCUT2D eigenvalue weighted by Gasteiger charge is 1.95. The number of amidine groups is 1. The molecular formula is C15H14N2. The summed E-state index contributed by atoms with van der Waals surface area (Å²) in [6, 6.07) is 19.7. The van der Waals surface area contributed by atoms with Crippen molar-refractivity contribution in [1.82, 2.24) is 0 Å². The summed E-state index contributed by atoms with van der Waals surface area (Å²) in [5, 5.41) is 3.21. The smallest absolute Gasteiger partial charge is 0.130 e. The van der Waals surface area contributed by atoms with Crippen molar-refractivity contribution >= 4 is 17.2 Å². The Morgan fingerprint density at radius 2 is 1.53 bits per heavy atom. The maximum Gasteiger partial charge on any atom is 0.130 e. The van der Waals surface area contributed by atoms with E-state index in [0.29, 0.717) is 0 Å². The molecule has 0 saturated carbocycles. The zero-order valence-corrected chi connectivity index (χ0v) is 9.51. The van der Waals surface area contributed by atoms with E-state index in [-0.39, 0.29) is 0 Å². The van der Waals surface area contributed by atoms with Crippen LogP contribution < -0.4 is 5.32 Å². The summed E-state index contributed by atoms with van der Waals surface area (Å²) in [6.07, 6.45) is 1.71. The molecule has 1 N–H and O–H groups in total. The average Bonchev–Trinajstić information content (AvgIpc) is 2.40. The molecule has 2 aromatic carbocycles. The summed E-state index contributed by atoms with van der Waals surface area (Å²) in [6.45, 7) is 3.76. The molecule has 2 heteroatoms. The van der Waals surface area contributed by atoms with Crippen LogP contribution in [-0.4, -0.2) is 5.84 Å². The monoisotopic (exact) mass is 222 g/mol. The van der Waals surface area contributed by atoms with E-state index in [1.807, 2.05) is 60.7 Å². The maximum absolute atomic E-state index is 4.46. The summed E-state index contributed by atoms with van der Waals surface area (Å²) < 4.78 is 0. The number of anilines is 1. The maximum atomic E-state index is 4.46. The Bertz CT molecular complexity index is 501. The van der Waals surface area contributed by atoms with Gasteiger partial charge in [-0.05, 0) is 30.3 Å². The molecule has 0 radical (unpaired) electrons. The Morgan fingerprint density at radius 1 is 0.941 bits per heavy atom. The van der Waals surface area contributed by atoms with E-state index in [0.717, 1.165) is 17.2 Å². The molecule has 0 amide bonds. The second kappa shape index (κ2) is 5.66. The first-order valence-electron chi connectivity index (χ1n) is 5.47. The molecule has 84 valence electrons. The molecule has 0 atom stereocenters. The van der Waals surface area contributed by atoms with Gasteiger partial charge in [0.15, 0.2) is 0 Å². The van der Waals surface area contributed by atoms with Crippen molar-refractivity contribution in [3.05, 3.63) is 73.3 Å². The summed E-state index contributed by atoms with van der Waals surface area (Å²) >= 11 is 0. The highest BCUT2D eigenvalue weighted by Crippen LogP contribution is 2.12. The molecule has 17 heavy (non-hydrogen) atoms. The Kier molecular flexibility index (Phi) is 3.71. The highest BCUT2D eigenvalue weighted by molar-refractivity contribution is 6.04. The van der Waals surface area contributed by atoms with Gasteiger partial charge in [-0.25, -0.2) is 4.99 Å². The number of hydrogen-bond acceptors (Lipinski definition) is 1. The molecule has 2 rings (SSSR count). The third-order valence-corrected chi connectivity index (χ3v) is 2.25. The number of para-hydroxylation sites is 2. The SMILES string of the molecule is C=CC(=Nc1ccccc1)Nc1ccccc1. The van der Waals surface area contributed by atoms with Crippen molar-refractivity contribution in [3.8, 4) is 0 Å². The van der Waals surface area contributed by atoms with Crippen molar-refractivity contribution in [3.63, 3.8) is 0 Å². The molecule has 2 aromatic rings. The summed E-state index contributed by atoms with van der Waals surface area (Å²) in [5.74, 6) is 0.738. The van der Waals surface area contributed by atoms with Crippen LogP contribution in [0.3, 0.4) is 0 Å². The van der Waals surface area contributed by atoms with Crippen LogP contribution in [0.1, 0.15) is 0 Å². The van der Waals surface area contributed by atoms with Gasteiger partial charge in [-0.1, -0.05) is 43.0 Å². The lowest BCUT2D eigenvalue weighted by molar-refractivity contribution is 1.49. The fraction of sp³-hybridized carbons (Fsp3) is 0. The van der Waals surface area contributed by atoms with Gasteiger partial charge in [0.1, 0.15) is 5.84 Å². The number of nitrogens with one attached hydrogen (secondary N) is 1. The van der Waals surface area contributed by atoms with Crippen molar-refractivity contribution < 1.29 is 0 Å². The molecule has 0 aliphatic carbocycles. The van der Waals surface area contributed by atoms with Crippen molar-refractivity contribution in [2.75, 3.05) is 5.32 Å². The van der Waals surface area contributed by atoms with Crippen molar-refractivity contribution in [2.45, 2.75) is 0 Å². The van der Waals surface area contributed by atoms with Gasteiger partial charge in [0.25, 0.3) is 0 Å². The second-order valence-electron chi connectivity index (χ2n) is 3.53. The highest BCUT2D eigenvalue weighted by atomic mass is 15.0. The molecule has 0 saturated heterocycles. The molecule has 0 aliphatic heterocycles. The number of benzene rings is 2. The first-order valence-corrected chi connectivity index (χ1v) is 5.47. The Hall–Kier alpha value is -2.35. The molecule has 0 bridgehead atoms. The minimum Gasteiger partial charge on any atom is -0.340 e. The molecule has 0 spiro atoms. The third-order valence-electron chi connectivity index (χ3n) is 2.25. The van der Waals surface area contributed by atoms with Gasteiger partial charge < -0.3 is 5.32 Å². The van der Waals surface area contributed by atoms with Crippen LogP contribution in [0.5, 0.6) is 0 Å². The van der Waals surface area contributed by atoms with Gasteiger partial charge in [0.05, 0.1) is 5.69 Å². The summed E-state index contributed by atoms with van der Waals surface area (Å²) in [5.41, 5.74) is 1.91. The molecule has 2 nitrogen and oxygen atoms in total. The molecule has 0 unspecified atom stereocenters. The lowest BCUT2D eigenvalue weighted by atomic mass is 10.3. The molecular weight excluding hydrogens is 208 g/mol. The first kappa shape index (κ1) is 11.1. The Balaban J connectivity index is 2.18. The average molecular weight is 222 g/mol. The van der Waals surface area contributed by atoms with Crippen LogP contribution in [0.4, 0.5) is 11.4 Å². The third kappa shape index (κ3) is 3.31. The van der Waals surface area contributed by atoms with Crippen LogP contribution >= 0.6 is 0 Å². The number of hydrogen-bond donors (Lipinski definition) is 1. The van der Waals surface area contributed by atoms with E-state index in [9.17, 15) is 0 Å². The molecule has 0 fully saturated rings. The van der Waals surface area contributed by atoms with E-state index in [1.54, 1.807) is 6.08 Å². The van der Waals surface area contributed by atoms with E-state index in [1.165, 1.54) is 0 Å². The molecule has 0 aromatic heterocycles. The van der Waals surface area contributed by atoms with Gasteiger partial charge in [0.2, 0.25) is 0 Å². The standard InChI is InChI=1S/C15H14N2/c1-2-15(16-13-9-5-3-6-10-13)17-14-11-7-4-8-12-14/h2-12H,1H2,(H,16,17). The predicted molar refractivity (Wildman–Crippen MR) is 73.8 cm³/mol. The number of nitrogens with zero attached hydrogens (tertiary/aromatic N) is 1. The fourth-order valence-corrected chi connectivity index (χ4v) is 1.44. The summed E-state index contributed by atoms with van der Waals surface area (Å²) in [7, 11) is 0. The lowest BCUT2D eigenvalue weighted by Crippen LogP contribution is -2.07. The molecule has 0 aliphatic rings. The second-order valence-corrected chi connectivity index (χ2v) is 3.53. The quantitative estimate of drug-likeness (QED) is 0.615. The Labute approximate surface area is 101 Å². The topological polar surface area (TPSA) is 24.4 Å². The minimum absolute atomic E-state index is 0.738. The summed E-state index contributed by atoms with van der Waals surface area (Å²) in [4.78, 5) is 4.46. The normalized spacial score (nSPS) is 10.9. The van der Waals surface area contributed by atoms with Crippen LogP contribution in [0.25, 0.3) is 0 Å². The van der Waals surface area contributed by atoms with Crippen LogP contribution in [0.15, 0.2) is 78.3 Å². The van der Waals surface area contributed by atoms with Gasteiger partial charge in [0, 0.05) is 5.69 Å². The largest absolute Gasteiger partial charge is 0.340 e. The number of rotatable bonds is 3. The lowest BCUT2D eigenvalue weighted by Gasteiger charge is -2.05. The van der Waals surface area contributed by atoms with Crippen LogP contribution in [0, 0.1) is 0 Å². The zero-order valence-electron chi connectivity index (χ0n) is 9.51. The van der Waals surface area contributed by atoms with Crippen LogP contribution in [-0.2, 0) is 0 Å². The van der Waals surface area contributed by atoms with E-state index in [4.69, 9.17) is 0 Å². The van der Waals surface area contributed by atoms with Crippen molar-refractivity contribution in [1.29, 1.82) is 0 Å². The molecule has 0 heterocycles. The Morgan fingerprint density at radius 3 is 2.12 bits per heavy atom. The van der Waals surface area contributed by atoms with Gasteiger partial charge >= 0.3 is 0 Å². The van der Waals surface area contributed by atoms with E-state index < -0.39 is 0 Å². The van der Waals surface area contributed by atoms with Crippen LogP contribution in [0.2, 0.25) is 0 Å². The predicted octanol–water partition coefficient (Wildman–Crippen LogP) is 4.01. The van der Waals surface area contributed by atoms with E-state index in [2.05, 4.69) is 16.9 Å².